The summed E-state index contributed by atoms with van der Waals surface area (Å²) in [6.07, 6.45) is 0.412. The molecule has 1 amide bonds. The zero-order valence-electron chi connectivity index (χ0n) is 16.2. The molecule has 0 fully saturated rings. The van der Waals surface area contributed by atoms with Crippen molar-refractivity contribution in [3.05, 3.63) is 75.2 Å². The van der Waals surface area contributed by atoms with Crippen molar-refractivity contribution in [3.63, 3.8) is 0 Å². The van der Waals surface area contributed by atoms with Gasteiger partial charge in [0, 0.05) is 30.3 Å². The number of hydrogen-bond donors (Lipinski definition) is 1. The molecule has 0 spiro atoms. The zero-order valence-corrected chi connectivity index (χ0v) is 16.2. The van der Waals surface area contributed by atoms with Gasteiger partial charge in [0.1, 0.15) is 0 Å². The summed E-state index contributed by atoms with van der Waals surface area (Å²) in [5.41, 5.74) is 3.18. The van der Waals surface area contributed by atoms with Crippen LogP contribution in [-0.2, 0) is 20.0 Å². The van der Waals surface area contributed by atoms with Crippen molar-refractivity contribution in [3.8, 4) is 11.3 Å². The van der Waals surface area contributed by atoms with Crippen LogP contribution in [0.3, 0.4) is 0 Å². The summed E-state index contributed by atoms with van der Waals surface area (Å²) in [6, 6.07) is 6.55. The molecule has 7 nitrogen and oxygen atoms in total. The first-order chi connectivity index (χ1) is 14.8. The third kappa shape index (κ3) is 3.11. The minimum Gasteiger partial charge on any atom is -0.408 e. The Balaban J connectivity index is 1.46. The topological polar surface area (TPSA) is 84.1 Å². The van der Waals surface area contributed by atoms with Crippen molar-refractivity contribution in [2.75, 3.05) is 6.54 Å². The Hall–Kier alpha value is -3.82. The molecule has 4 aromatic rings. The molecule has 1 aliphatic rings. The highest BCUT2D eigenvalue weighted by atomic mass is 19.2. The minimum atomic E-state index is -1.52. The molecule has 2 aromatic carbocycles. The molecule has 0 saturated carbocycles. The number of amides is 1. The Morgan fingerprint density at radius 3 is 2.65 bits per heavy atom. The molecule has 0 atom stereocenters. The average Bonchev–Trinajstić information content (AvgIpc) is 3.27. The second-order valence-electron chi connectivity index (χ2n) is 7.35. The Labute approximate surface area is 172 Å². The van der Waals surface area contributed by atoms with Gasteiger partial charge in [-0.15, -0.1) is 0 Å². The van der Waals surface area contributed by atoms with Gasteiger partial charge in [-0.25, -0.2) is 18.0 Å². The van der Waals surface area contributed by atoms with E-state index in [1.165, 1.54) is 4.68 Å². The van der Waals surface area contributed by atoms with Crippen LogP contribution >= 0.6 is 0 Å². The van der Waals surface area contributed by atoms with Crippen molar-refractivity contribution in [1.29, 1.82) is 0 Å². The van der Waals surface area contributed by atoms with Crippen LogP contribution in [0.25, 0.3) is 22.4 Å². The number of rotatable bonds is 2. The summed E-state index contributed by atoms with van der Waals surface area (Å²) >= 11 is 0. The van der Waals surface area contributed by atoms with E-state index in [2.05, 4.69) is 10.1 Å². The number of H-pyrrole nitrogens is 1. The molecule has 158 valence electrons. The van der Waals surface area contributed by atoms with Gasteiger partial charge in [-0.1, -0.05) is 0 Å². The number of aromatic nitrogens is 3. The number of aromatic amines is 1. The van der Waals surface area contributed by atoms with Crippen LogP contribution < -0.4 is 5.76 Å². The van der Waals surface area contributed by atoms with E-state index >= 15 is 0 Å². The van der Waals surface area contributed by atoms with Crippen molar-refractivity contribution in [2.24, 2.45) is 7.05 Å². The number of benzene rings is 2. The van der Waals surface area contributed by atoms with E-state index in [0.29, 0.717) is 41.0 Å². The third-order valence-electron chi connectivity index (χ3n) is 5.41. The molecule has 31 heavy (non-hydrogen) atoms. The zero-order chi connectivity index (χ0) is 21.9. The number of hydrogen-bond acceptors (Lipinski definition) is 4. The van der Waals surface area contributed by atoms with E-state index in [1.807, 2.05) is 0 Å². The standard InChI is InChI=1S/C21H15F3N4O3/c1-27-19(11-6-13(22)18(24)14(23)7-11)12-4-5-28(9-16(12)26-27)20(29)10-2-3-17-15(8-10)25-21(30)31-17/h2-3,6-8H,4-5,9H2,1H3,(H,25,30). The smallest absolute Gasteiger partial charge is 0.408 e. The minimum absolute atomic E-state index is 0.182. The normalized spacial score (nSPS) is 13.6. The van der Waals surface area contributed by atoms with Gasteiger partial charge in [-0.05, 0) is 36.8 Å². The van der Waals surface area contributed by atoms with E-state index in [-0.39, 0.29) is 18.0 Å². The predicted molar refractivity (Wildman–Crippen MR) is 104 cm³/mol. The maximum absolute atomic E-state index is 13.7. The maximum atomic E-state index is 13.7. The lowest BCUT2D eigenvalue weighted by Crippen LogP contribution is -2.36. The van der Waals surface area contributed by atoms with Gasteiger partial charge in [0.2, 0.25) is 0 Å². The maximum Gasteiger partial charge on any atom is 0.417 e. The van der Waals surface area contributed by atoms with E-state index in [4.69, 9.17) is 4.42 Å². The van der Waals surface area contributed by atoms with Crippen LogP contribution in [0.15, 0.2) is 39.5 Å². The number of halogens is 3. The van der Waals surface area contributed by atoms with Gasteiger partial charge in [-0.2, -0.15) is 5.10 Å². The SMILES string of the molecule is Cn1nc2c(c1-c1cc(F)c(F)c(F)c1)CCN(C(=O)c1ccc3oc(=O)[nH]c3c1)C2. The third-order valence-corrected chi connectivity index (χ3v) is 5.41. The summed E-state index contributed by atoms with van der Waals surface area (Å²) in [5.74, 6) is -4.92. The van der Waals surface area contributed by atoms with Crippen molar-refractivity contribution in [2.45, 2.75) is 13.0 Å². The Bertz CT molecular complexity index is 1400. The molecule has 1 aliphatic heterocycles. The average molecular weight is 428 g/mol. The molecular weight excluding hydrogens is 413 g/mol. The van der Waals surface area contributed by atoms with Crippen LogP contribution in [-0.4, -0.2) is 32.1 Å². The van der Waals surface area contributed by atoms with Crippen molar-refractivity contribution < 1.29 is 22.4 Å². The number of nitrogens with one attached hydrogen (secondary N) is 1. The second kappa shape index (κ2) is 6.86. The summed E-state index contributed by atoms with van der Waals surface area (Å²) in [4.78, 5) is 28.4. The fourth-order valence-corrected chi connectivity index (χ4v) is 4.01. The summed E-state index contributed by atoms with van der Waals surface area (Å²) in [5, 5.41) is 4.41. The summed E-state index contributed by atoms with van der Waals surface area (Å²) in [6.45, 7) is 0.560. The lowest BCUT2D eigenvalue weighted by atomic mass is 9.99. The monoisotopic (exact) mass is 428 g/mol. The lowest BCUT2D eigenvalue weighted by molar-refractivity contribution is 0.0732. The molecule has 0 saturated heterocycles. The van der Waals surface area contributed by atoms with Crippen molar-refractivity contribution >= 4 is 17.0 Å². The van der Waals surface area contributed by atoms with Gasteiger partial charge in [-0.3, -0.25) is 14.5 Å². The molecule has 5 rings (SSSR count). The molecule has 10 heteroatoms. The predicted octanol–water partition coefficient (Wildman–Crippen LogP) is 3.14. The number of oxazole rings is 1. The molecule has 0 radical (unpaired) electrons. The van der Waals surface area contributed by atoms with Gasteiger partial charge in [0.05, 0.1) is 23.4 Å². The number of carbonyl (C=O) groups is 1. The van der Waals surface area contributed by atoms with E-state index in [9.17, 15) is 22.8 Å². The fourth-order valence-electron chi connectivity index (χ4n) is 4.01. The Morgan fingerprint density at radius 2 is 1.90 bits per heavy atom. The molecule has 0 aliphatic carbocycles. The number of aryl methyl sites for hydroxylation is 1. The van der Waals surface area contributed by atoms with E-state index < -0.39 is 23.2 Å². The first-order valence-electron chi connectivity index (χ1n) is 9.43. The Kier molecular flexibility index (Phi) is 4.24. The fraction of sp³-hybridized carbons (Fsp3) is 0.190. The largest absolute Gasteiger partial charge is 0.417 e. The highest BCUT2D eigenvalue weighted by Crippen LogP contribution is 2.32. The number of fused-ring (bicyclic) bond motifs is 2. The lowest BCUT2D eigenvalue weighted by Gasteiger charge is -2.26. The Morgan fingerprint density at radius 1 is 1.16 bits per heavy atom. The van der Waals surface area contributed by atoms with Gasteiger partial charge in [0.15, 0.2) is 23.0 Å². The first kappa shape index (κ1) is 19.2. The van der Waals surface area contributed by atoms with Gasteiger partial charge >= 0.3 is 5.76 Å². The van der Waals surface area contributed by atoms with Crippen LogP contribution in [0.2, 0.25) is 0 Å². The van der Waals surface area contributed by atoms with E-state index in [0.717, 1.165) is 17.7 Å². The molecule has 3 heterocycles. The molecule has 2 aromatic heterocycles. The second-order valence-corrected chi connectivity index (χ2v) is 7.35. The number of nitrogens with zero attached hydrogens (tertiary/aromatic N) is 3. The molecule has 0 bridgehead atoms. The van der Waals surface area contributed by atoms with Crippen LogP contribution in [0.5, 0.6) is 0 Å². The highest BCUT2D eigenvalue weighted by molar-refractivity contribution is 5.97. The first-order valence-corrected chi connectivity index (χ1v) is 9.43. The van der Waals surface area contributed by atoms with Crippen molar-refractivity contribution in [1.82, 2.24) is 19.7 Å². The van der Waals surface area contributed by atoms with Crippen LogP contribution in [0.4, 0.5) is 13.2 Å². The number of carbonyl (C=O) groups excluding carboxylic acids is 1. The molecular formula is C21H15F3N4O3. The van der Waals surface area contributed by atoms with E-state index in [1.54, 1.807) is 30.1 Å². The van der Waals surface area contributed by atoms with Gasteiger partial charge in [0.25, 0.3) is 5.91 Å². The van der Waals surface area contributed by atoms with Gasteiger partial charge < -0.3 is 9.32 Å². The van der Waals surface area contributed by atoms with Crippen LogP contribution in [0.1, 0.15) is 21.6 Å². The molecule has 1 N–H and O–H groups in total. The molecule has 0 unspecified atom stereocenters. The quantitative estimate of drug-likeness (QED) is 0.497. The summed E-state index contributed by atoms with van der Waals surface area (Å²) < 4.78 is 47.3. The highest BCUT2D eigenvalue weighted by Gasteiger charge is 2.28. The summed E-state index contributed by atoms with van der Waals surface area (Å²) in [7, 11) is 1.63. The van der Waals surface area contributed by atoms with Crippen LogP contribution in [0, 0.1) is 17.5 Å².